The van der Waals surface area contributed by atoms with Crippen LogP contribution in [0.1, 0.15) is 24.2 Å². The number of Topliss-reactive ketones (excluding diaryl/α,β-unsaturated/α-hetero) is 1. The number of H-pyrrole nitrogens is 1. The van der Waals surface area contributed by atoms with Crippen molar-refractivity contribution in [1.29, 1.82) is 0 Å². The Hall–Kier alpha value is -2.83. The summed E-state index contributed by atoms with van der Waals surface area (Å²) in [6.45, 7) is 3.08. The predicted octanol–water partition coefficient (Wildman–Crippen LogP) is 1.59. The van der Waals surface area contributed by atoms with E-state index in [1.165, 1.54) is 0 Å². The number of para-hydroxylation sites is 1. The molecule has 122 valence electrons. The van der Waals surface area contributed by atoms with E-state index >= 15 is 0 Å². The van der Waals surface area contributed by atoms with E-state index in [1.54, 1.807) is 20.0 Å². The van der Waals surface area contributed by atoms with E-state index < -0.39 is 24.6 Å². The number of benzene rings is 1. The number of aromatic nitrogens is 1. The summed E-state index contributed by atoms with van der Waals surface area (Å²) in [5, 5.41) is 3.08. The van der Waals surface area contributed by atoms with Crippen LogP contribution in [0.3, 0.4) is 0 Å². The normalized spacial score (nSPS) is 12.1. The van der Waals surface area contributed by atoms with Crippen molar-refractivity contribution in [3.63, 3.8) is 0 Å². The molecule has 7 heteroatoms. The van der Waals surface area contributed by atoms with Crippen LogP contribution in [0.2, 0.25) is 0 Å². The standard InChI is InChI=1S/C16H19N3O4/c1-9(2)14(19-16(17)22)15(21)23-8-13(20)11-7-18-12-6-4-3-5-10(11)12/h3-7,9,14,18H,8H2,1-2H3,(H3,17,19,22). The van der Waals surface area contributed by atoms with Crippen molar-refractivity contribution in [2.24, 2.45) is 11.7 Å². The number of esters is 1. The van der Waals surface area contributed by atoms with E-state index in [1.807, 2.05) is 24.3 Å². The van der Waals surface area contributed by atoms with Gasteiger partial charge in [0.25, 0.3) is 0 Å². The number of ether oxygens (including phenoxy) is 1. The maximum Gasteiger partial charge on any atom is 0.329 e. The number of carbonyl (C=O) groups is 3. The number of rotatable bonds is 6. The van der Waals surface area contributed by atoms with Gasteiger partial charge in [-0.3, -0.25) is 4.79 Å². The first-order valence-corrected chi connectivity index (χ1v) is 7.22. The Balaban J connectivity index is 2.03. The maximum absolute atomic E-state index is 12.2. The van der Waals surface area contributed by atoms with E-state index in [2.05, 4.69) is 10.3 Å². The van der Waals surface area contributed by atoms with Crippen molar-refractivity contribution in [3.8, 4) is 0 Å². The molecule has 0 aliphatic rings. The lowest BCUT2D eigenvalue weighted by atomic mass is 10.1. The van der Waals surface area contributed by atoms with Crippen molar-refractivity contribution in [2.45, 2.75) is 19.9 Å². The second-order valence-electron chi connectivity index (χ2n) is 5.51. The summed E-state index contributed by atoms with van der Waals surface area (Å²) in [5.41, 5.74) is 6.32. The van der Waals surface area contributed by atoms with Crippen LogP contribution in [0.4, 0.5) is 4.79 Å². The van der Waals surface area contributed by atoms with Gasteiger partial charge in [0.1, 0.15) is 6.04 Å². The van der Waals surface area contributed by atoms with E-state index in [4.69, 9.17) is 10.5 Å². The van der Waals surface area contributed by atoms with Crippen LogP contribution in [-0.4, -0.2) is 35.4 Å². The fourth-order valence-electron chi connectivity index (χ4n) is 2.26. The minimum Gasteiger partial charge on any atom is -0.456 e. The number of urea groups is 1. The molecular weight excluding hydrogens is 298 g/mol. The zero-order valence-corrected chi connectivity index (χ0v) is 13.0. The molecule has 0 fully saturated rings. The Bertz CT molecular complexity index is 736. The topological polar surface area (TPSA) is 114 Å². The van der Waals surface area contributed by atoms with E-state index in [-0.39, 0.29) is 11.7 Å². The zero-order valence-electron chi connectivity index (χ0n) is 13.0. The predicted molar refractivity (Wildman–Crippen MR) is 84.9 cm³/mol. The first-order valence-electron chi connectivity index (χ1n) is 7.22. The van der Waals surface area contributed by atoms with Crippen LogP contribution in [0.15, 0.2) is 30.5 Å². The highest BCUT2D eigenvalue weighted by Gasteiger charge is 2.26. The van der Waals surface area contributed by atoms with Gasteiger partial charge in [-0.05, 0) is 12.0 Å². The number of fused-ring (bicyclic) bond motifs is 1. The third-order valence-electron chi connectivity index (χ3n) is 3.45. The minimum absolute atomic E-state index is 0.210. The highest BCUT2D eigenvalue weighted by atomic mass is 16.5. The highest BCUT2D eigenvalue weighted by molar-refractivity contribution is 6.08. The molecule has 1 heterocycles. The summed E-state index contributed by atoms with van der Waals surface area (Å²) in [6.07, 6.45) is 1.59. The van der Waals surface area contributed by atoms with Gasteiger partial charge in [0.05, 0.1) is 0 Å². The van der Waals surface area contributed by atoms with Crippen molar-refractivity contribution in [2.75, 3.05) is 6.61 Å². The first-order chi connectivity index (χ1) is 10.9. The molecule has 0 aliphatic heterocycles. The molecule has 2 aromatic rings. The number of carbonyl (C=O) groups excluding carboxylic acids is 3. The molecule has 0 saturated carbocycles. The van der Waals surface area contributed by atoms with Crippen LogP contribution in [0.25, 0.3) is 10.9 Å². The number of hydrogen-bond acceptors (Lipinski definition) is 4. The third kappa shape index (κ3) is 3.88. The summed E-state index contributed by atoms with van der Waals surface area (Å²) in [4.78, 5) is 38.1. The number of hydrogen-bond donors (Lipinski definition) is 3. The molecule has 1 atom stereocenters. The van der Waals surface area contributed by atoms with Crippen molar-refractivity contribution in [3.05, 3.63) is 36.0 Å². The Kier molecular flexibility index (Phi) is 5.00. The van der Waals surface area contributed by atoms with Gasteiger partial charge in [0.2, 0.25) is 5.78 Å². The van der Waals surface area contributed by atoms with Crippen LogP contribution >= 0.6 is 0 Å². The quantitative estimate of drug-likeness (QED) is 0.554. The van der Waals surface area contributed by atoms with Crippen LogP contribution in [0.5, 0.6) is 0 Å². The Morgan fingerprint density at radius 3 is 2.61 bits per heavy atom. The van der Waals surface area contributed by atoms with Crippen LogP contribution in [0, 0.1) is 5.92 Å². The fourth-order valence-corrected chi connectivity index (χ4v) is 2.26. The molecule has 2 amide bonds. The van der Waals surface area contributed by atoms with Crippen molar-refractivity contribution < 1.29 is 19.1 Å². The molecule has 0 saturated heterocycles. The van der Waals surface area contributed by atoms with Gasteiger partial charge in [-0.15, -0.1) is 0 Å². The summed E-state index contributed by atoms with van der Waals surface area (Å²) < 4.78 is 5.03. The van der Waals surface area contributed by atoms with E-state index in [0.717, 1.165) is 10.9 Å². The largest absolute Gasteiger partial charge is 0.456 e. The molecule has 7 nitrogen and oxygen atoms in total. The molecule has 4 N–H and O–H groups in total. The second-order valence-corrected chi connectivity index (χ2v) is 5.51. The summed E-state index contributed by atoms with van der Waals surface area (Å²) in [6, 6.07) is 5.64. The number of primary amides is 1. The Morgan fingerprint density at radius 1 is 1.26 bits per heavy atom. The smallest absolute Gasteiger partial charge is 0.329 e. The average molecular weight is 317 g/mol. The maximum atomic E-state index is 12.2. The molecule has 0 bridgehead atoms. The van der Waals surface area contributed by atoms with E-state index in [0.29, 0.717) is 5.56 Å². The summed E-state index contributed by atoms with van der Waals surface area (Å²) in [7, 11) is 0. The average Bonchev–Trinajstić information content (AvgIpc) is 2.93. The van der Waals surface area contributed by atoms with Crippen LogP contribution in [-0.2, 0) is 9.53 Å². The minimum atomic E-state index is -0.886. The van der Waals surface area contributed by atoms with Crippen molar-refractivity contribution in [1.82, 2.24) is 10.3 Å². The van der Waals surface area contributed by atoms with Gasteiger partial charge in [-0.2, -0.15) is 0 Å². The molecule has 2 rings (SSSR count). The van der Waals surface area contributed by atoms with Crippen LogP contribution < -0.4 is 11.1 Å². The highest BCUT2D eigenvalue weighted by Crippen LogP contribution is 2.18. The Morgan fingerprint density at radius 2 is 1.96 bits per heavy atom. The lowest BCUT2D eigenvalue weighted by Gasteiger charge is -2.19. The van der Waals surface area contributed by atoms with Gasteiger partial charge < -0.3 is 20.8 Å². The number of nitrogens with one attached hydrogen (secondary N) is 2. The number of ketones is 1. The molecule has 1 unspecified atom stereocenters. The zero-order chi connectivity index (χ0) is 17.0. The molecule has 0 aliphatic carbocycles. The molecule has 0 spiro atoms. The lowest BCUT2D eigenvalue weighted by Crippen LogP contribution is -2.47. The monoisotopic (exact) mass is 317 g/mol. The Labute approximate surface area is 133 Å². The second kappa shape index (κ2) is 6.95. The molecular formula is C16H19N3O4. The van der Waals surface area contributed by atoms with Gasteiger partial charge >= 0.3 is 12.0 Å². The lowest BCUT2D eigenvalue weighted by molar-refractivity contribution is -0.145. The van der Waals surface area contributed by atoms with Gasteiger partial charge in [-0.1, -0.05) is 32.0 Å². The number of amides is 2. The molecule has 0 radical (unpaired) electrons. The van der Waals surface area contributed by atoms with Gasteiger partial charge in [0, 0.05) is 22.7 Å². The van der Waals surface area contributed by atoms with Crippen molar-refractivity contribution >= 4 is 28.7 Å². The summed E-state index contributed by atoms with van der Waals surface area (Å²) in [5.74, 6) is -1.22. The molecule has 1 aromatic carbocycles. The number of nitrogens with two attached hydrogens (primary N) is 1. The molecule has 23 heavy (non-hydrogen) atoms. The van der Waals surface area contributed by atoms with Gasteiger partial charge in [-0.25, -0.2) is 9.59 Å². The molecule has 1 aromatic heterocycles. The van der Waals surface area contributed by atoms with E-state index in [9.17, 15) is 14.4 Å². The SMILES string of the molecule is CC(C)C(NC(N)=O)C(=O)OCC(=O)c1c[nH]c2ccccc12. The fraction of sp³-hybridized carbons (Fsp3) is 0.312. The first kappa shape index (κ1) is 16.5. The number of aromatic amines is 1. The summed E-state index contributed by atoms with van der Waals surface area (Å²) >= 11 is 0. The van der Waals surface area contributed by atoms with Gasteiger partial charge in [0.15, 0.2) is 6.61 Å². The third-order valence-corrected chi connectivity index (χ3v) is 3.45.